The number of benzene rings is 1. The Kier molecular flexibility index (Phi) is 7.55. The molecule has 1 aromatic rings. The molecule has 0 radical (unpaired) electrons. The molecule has 0 unspecified atom stereocenters. The first-order chi connectivity index (χ1) is 13.2. The number of carbonyl (C=O) groups is 2. The topological polar surface area (TPSA) is 99.3 Å². The summed E-state index contributed by atoms with van der Waals surface area (Å²) in [5.41, 5.74) is 1.41. The van der Waals surface area contributed by atoms with Crippen molar-refractivity contribution in [2.24, 2.45) is 0 Å². The summed E-state index contributed by atoms with van der Waals surface area (Å²) in [5, 5.41) is 2.79. The molecule has 0 spiro atoms. The summed E-state index contributed by atoms with van der Waals surface area (Å²) in [4.78, 5) is 25.3. The van der Waals surface area contributed by atoms with Crippen molar-refractivity contribution >= 4 is 34.0 Å². The van der Waals surface area contributed by atoms with Crippen molar-refractivity contribution in [2.45, 2.75) is 6.92 Å². The number of rotatable bonds is 6. The molecule has 28 heavy (non-hydrogen) atoms. The summed E-state index contributed by atoms with van der Waals surface area (Å²) in [6.45, 7) is 3.21. The molecule has 1 aliphatic rings. The van der Waals surface area contributed by atoms with E-state index in [0.29, 0.717) is 25.4 Å². The zero-order valence-corrected chi connectivity index (χ0v) is 17.1. The predicted octanol–water partition coefficient (Wildman–Crippen LogP) is 1.22. The summed E-state index contributed by atoms with van der Waals surface area (Å²) in [6.07, 6.45) is 2.98. The first-order valence-electron chi connectivity index (χ1n) is 8.92. The van der Waals surface area contributed by atoms with Crippen LogP contribution < -0.4 is 5.32 Å². The third-order valence-electron chi connectivity index (χ3n) is 4.17. The molecule has 1 heterocycles. The Morgan fingerprint density at radius 2 is 1.75 bits per heavy atom. The molecule has 154 valence electrons. The zero-order valence-electron chi connectivity index (χ0n) is 16.3. The fourth-order valence-corrected chi connectivity index (χ4v) is 3.67. The van der Waals surface area contributed by atoms with Gasteiger partial charge in [-0.25, -0.2) is 9.59 Å². The quantitative estimate of drug-likeness (QED) is 0.562. The van der Waals surface area contributed by atoms with E-state index < -0.39 is 16.2 Å². The Labute approximate surface area is 165 Å². The second kappa shape index (κ2) is 9.67. The smallest absolute Gasteiger partial charge is 0.330 e. The van der Waals surface area contributed by atoms with E-state index >= 15 is 0 Å². The van der Waals surface area contributed by atoms with Crippen molar-refractivity contribution in [1.82, 2.24) is 13.5 Å². The van der Waals surface area contributed by atoms with Crippen LogP contribution in [0, 0.1) is 0 Å². The van der Waals surface area contributed by atoms with Crippen molar-refractivity contribution in [2.75, 3.05) is 52.2 Å². The van der Waals surface area contributed by atoms with Crippen molar-refractivity contribution in [1.29, 1.82) is 0 Å². The Balaban J connectivity index is 1.88. The first-order valence-corrected chi connectivity index (χ1v) is 10.3. The molecule has 1 aromatic carbocycles. The molecule has 2 amide bonds. The SMILES string of the molecule is CCOC(=O)C=Cc1ccc(NC(=O)N2CCN(S(=O)(=O)N(C)C)CC2)cc1. The number of piperazine rings is 1. The number of amides is 2. The fourth-order valence-electron chi connectivity index (χ4n) is 2.59. The number of carbonyl (C=O) groups excluding carboxylic acids is 2. The van der Waals surface area contributed by atoms with E-state index in [9.17, 15) is 18.0 Å². The highest BCUT2D eigenvalue weighted by atomic mass is 32.2. The average molecular weight is 410 g/mol. The second-order valence-corrected chi connectivity index (χ2v) is 8.46. The van der Waals surface area contributed by atoms with Gasteiger partial charge >= 0.3 is 12.0 Å². The van der Waals surface area contributed by atoms with E-state index in [-0.39, 0.29) is 19.1 Å². The molecule has 0 bridgehead atoms. The van der Waals surface area contributed by atoms with Crippen molar-refractivity contribution in [3.8, 4) is 0 Å². The van der Waals surface area contributed by atoms with Gasteiger partial charge in [-0.2, -0.15) is 17.0 Å². The van der Waals surface area contributed by atoms with Crippen LogP contribution >= 0.6 is 0 Å². The Morgan fingerprint density at radius 1 is 1.14 bits per heavy atom. The van der Waals surface area contributed by atoms with Crippen LogP contribution in [0.15, 0.2) is 30.3 Å². The maximum atomic E-state index is 12.4. The monoisotopic (exact) mass is 410 g/mol. The van der Waals surface area contributed by atoms with Gasteiger partial charge in [0.1, 0.15) is 0 Å². The highest BCUT2D eigenvalue weighted by Crippen LogP contribution is 2.14. The minimum Gasteiger partial charge on any atom is -0.463 e. The Bertz CT molecular complexity index is 813. The predicted molar refractivity (Wildman–Crippen MR) is 107 cm³/mol. The lowest BCUT2D eigenvalue weighted by atomic mass is 10.2. The van der Waals surface area contributed by atoms with Gasteiger partial charge in [0.05, 0.1) is 6.61 Å². The minimum absolute atomic E-state index is 0.255. The van der Waals surface area contributed by atoms with Crippen LogP contribution in [-0.4, -0.2) is 80.8 Å². The molecule has 1 aliphatic heterocycles. The van der Waals surface area contributed by atoms with Gasteiger partial charge in [0.2, 0.25) is 0 Å². The largest absolute Gasteiger partial charge is 0.463 e. The number of ether oxygens (including phenoxy) is 1. The van der Waals surface area contributed by atoms with E-state index in [0.717, 1.165) is 5.56 Å². The highest BCUT2D eigenvalue weighted by molar-refractivity contribution is 7.86. The number of hydrogen-bond donors (Lipinski definition) is 1. The van der Waals surface area contributed by atoms with E-state index in [1.54, 1.807) is 42.2 Å². The summed E-state index contributed by atoms with van der Waals surface area (Å²) in [7, 11) is -0.487. The summed E-state index contributed by atoms with van der Waals surface area (Å²) < 4.78 is 31.6. The molecule has 2 rings (SSSR count). The van der Waals surface area contributed by atoms with Gasteiger partial charge in [0, 0.05) is 52.0 Å². The zero-order chi connectivity index (χ0) is 20.7. The number of hydrogen-bond acceptors (Lipinski definition) is 5. The maximum Gasteiger partial charge on any atom is 0.330 e. The number of nitrogens with zero attached hydrogens (tertiary/aromatic N) is 3. The van der Waals surface area contributed by atoms with Crippen molar-refractivity contribution in [3.63, 3.8) is 0 Å². The van der Waals surface area contributed by atoms with E-state index in [4.69, 9.17) is 4.74 Å². The summed E-state index contributed by atoms with van der Waals surface area (Å²) in [5.74, 6) is -0.407. The van der Waals surface area contributed by atoms with Crippen LogP contribution in [0.25, 0.3) is 6.08 Å². The van der Waals surface area contributed by atoms with Gasteiger partial charge in [-0.15, -0.1) is 0 Å². The molecule has 10 heteroatoms. The molecule has 0 aliphatic carbocycles. The summed E-state index contributed by atoms with van der Waals surface area (Å²) >= 11 is 0. The van der Waals surface area contributed by atoms with Gasteiger partial charge in [0.25, 0.3) is 10.2 Å². The van der Waals surface area contributed by atoms with Crippen LogP contribution in [0.3, 0.4) is 0 Å². The Hall–Kier alpha value is -2.43. The molecular formula is C18H26N4O5S. The molecule has 0 atom stereocenters. The molecule has 1 saturated heterocycles. The second-order valence-electron chi connectivity index (χ2n) is 6.31. The van der Waals surface area contributed by atoms with Gasteiger partial charge in [-0.05, 0) is 30.7 Å². The van der Waals surface area contributed by atoms with Crippen LogP contribution in [0.5, 0.6) is 0 Å². The van der Waals surface area contributed by atoms with Crippen LogP contribution in [-0.2, 0) is 19.7 Å². The van der Waals surface area contributed by atoms with Gasteiger partial charge in [-0.1, -0.05) is 12.1 Å². The van der Waals surface area contributed by atoms with Gasteiger partial charge in [-0.3, -0.25) is 0 Å². The van der Waals surface area contributed by atoms with E-state index in [2.05, 4.69) is 5.32 Å². The van der Waals surface area contributed by atoms with E-state index in [1.807, 2.05) is 0 Å². The lowest BCUT2D eigenvalue weighted by Crippen LogP contribution is -2.53. The molecule has 0 aromatic heterocycles. The fraction of sp³-hybridized carbons (Fsp3) is 0.444. The van der Waals surface area contributed by atoms with Crippen molar-refractivity contribution < 1.29 is 22.7 Å². The van der Waals surface area contributed by atoms with Crippen LogP contribution in [0.2, 0.25) is 0 Å². The normalized spacial score (nSPS) is 15.8. The van der Waals surface area contributed by atoms with Crippen molar-refractivity contribution in [3.05, 3.63) is 35.9 Å². The Morgan fingerprint density at radius 3 is 2.29 bits per heavy atom. The molecule has 0 saturated carbocycles. The molecule has 9 nitrogen and oxygen atoms in total. The third-order valence-corrected chi connectivity index (χ3v) is 6.11. The lowest BCUT2D eigenvalue weighted by molar-refractivity contribution is -0.137. The number of anilines is 1. The van der Waals surface area contributed by atoms with Gasteiger partial charge in [0.15, 0.2) is 0 Å². The maximum absolute atomic E-state index is 12.4. The summed E-state index contributed by atoms with van der Waals surface area (Å²) in [6, 6.07) is 6.72. The minimum atomic E-state index is -3.46. The lowest BCUT2D eigenvalue weighted by Gasteiger charge is -2.35. The van der Waals surface area contributed by atoms with Crippen LogP contribution in [0.4, 0.5) is 10.5 Å². The third kappa shape index (κ3) is 5.78. The molecule has 1 N–H and O–H groups in total. The first kappa shape index (κ1) is 21.9. The average Bonchev–Trinajstić information content (AvgIpc) is 2.67. The van der Waals surface area contributed by atoms with Gasteiger partial charge < -0.3 is 15.0 Å². The standard InChI is InChI=1S/C18H26N4O5S/c1-4-27-17(23)10-7-15-5-8-16(9-6-15)19-18(24)21-11-13-22(14-12-21)28(25,26)20(2)3/h5-10H,4,11-14H2,1-3H3,(H,19,24). The number of urea groups is 1. The molecular weight excluding hydrogens is 384 g/mol. The van der Waals surface area contributed by atoms with Crippen LogP contribution in [0.1, 0.15) is 12.5 Å². The highest BCUT2D eigenvalue weighted by Gasteiger charge is 2.30. The number of esters is 1. The number of nitrogens with one attached hydrogen (secondary N) is 1. The molecule has 1 fully saturated rings. The van der Waals surface area contributed by atoms with E-state index in [1.165, 1.54) is 28.8 Å².